The molecule has 2 heterocycles. The van der Waals surface area contributed by atoms with Crippen LogP contribution < -0.4 is 10.6 Å². The Bertz CT molecular complexity index is 809. The average Bonchev–Trinajstić information content (AvgIpc) is 3.24. The van der Waals surface area contributed by atoms with Gasteiger partial charge in [-0.15, -0.1) is 11.3 Å². The Hall–Kier alpha value is -2.36. The Balaban J connectivity index is 1.65. The maximum atomic E-state index is 9.06. The number of likely N-dealkylation sites (tertiary alicyclic amines) is 1. The van der Waals surface area contributed by atoms with Crippen LogP contribution in [0.4, 0.5) is 0 Å². The van der Waals surface area contributed by atoms with Crippen molar-refractivity contribution in [2.75, 3.05) is 26.7 Å². The number of nitrogens with zero attached hydrogens (tertiary/aromatic N) is 3. The summed E-state index contributed by atoms with van der Waals surface area (Å²) in [6.07, 6.45) is 2.46. The van der Waals surface area contributed by atoms with Gasteiger partial charge < -0.3 is 10.6 Å². The van der Waals surface area contributed by atoms with Gasteiger partial charge in [0.05, 0.1) is 18.2 Å². The molecule has 0 spiro atoms. The van der Waals surface area contributed by atoms with E-state index in [2.05, 4.69) is 53.1 Å². The molecule has 2 aromatic rings. The molecule has 1 fully saturated rings. The van der Waals surface area contributed by atoms with Crippen LogP contribution in [0.2, 0.25) is 0 Å². The first kappa shape index (κ1) is 20.4. The maximum absolute atomic E-state index is 9.06. The number of aliphatic imine (C=N–C) groups is 1. The Kier molecular flexibility index (Phi) is 7.46. The fraction of sp³-hybridized carbons (Fsp3) is 0.455. The zero-order chi connectivity index (χ0) is 19.8. The minimum Gasteiger partial charge on any atom is -0.357 e. The van der Waals surface area contributed by atoms with Gasteiger partial charge in [-0.2, -0.15) is 5.26 Å². The molecule has 148 valence electrons. The summed E-state index contributed by atoms with van der Waals surface area (Å²) in [6, 6.07) is 14.7. The fourth-order valence-corrected chi connectivity index (χ4v) is 4.84. The van der Waals surface area contributed by atoms with Crippen LogP contribution >= 0.6 is 11.3 Å². The molecular weight excluding hydrogens is 366 g/mol. The molecule has 0 aliphatic carbocycles. The summed E-state index contributed by atoms with van der Waals surface area (Å²) in [4.78, 5) is 8.66. The standard InChI is InChI=1S/C22H29N5S/c1-3-24-22(25-15-18-8-4-7-17(13-18)14-23)26-16-19-9-5-11-27(2)21(19)20-10-6-12-28-20/h4,6-8,10,12-13,19,21H,3,5,9,11,15-16H2,1-2H3,(H2,24,25,26). The first-order valence-electron chi connectivity index (χ1n) is 9.96. The second-order valence-corrected chi connectivity index (χ2v) is 8.21. The van der Waals surface area contributed by atoms with Crippen LogP contribution in [0.5, 0.6) is 0 Å². The molecule has 1 aliphatic heterocycles. The third-order valence-corrected chi connectivity index (χ3v) is 6.14. The Morgan fingerprint density at radius 2 is 2.21 bits per heavy atom. The summed E-state index contributed by atoms with van der Waals surface area (Å²) in [6.45, 7) is 5.52. The van der Waals surface area contributed by atoms with Gasteiger partial charge in [0.1, 0.15) is 0 Å². The van der Waals surface area contributed by atoms with Gasteiger partial charge in [-0.05, 0) is 68.4 Å². The zero-order valence-corrected chi connectivity index (χ0v) is 17.5. The number of thiophene rings is 1. The summed E-state index contributed by atoms with van der Waals surface area (Å²) in [5, 5.41) is 18.1. The molecule has 1 aromatic carbocycles. The molecule has 0 bridgehead atoms. The van der Waals surface area contributed by atoms with Gasteiger partial charge in [0.15, 0.2) is 5.96 Å². The Labute approximate surface area is 172 Å². The van der Waals surface area contributed by atoms with Gasteiger partial charge in [0, 0.05) is 24.0 Å². The van der Waals surface area contributed by atoms with Crippen molar-refractivity contribution in [2.45, 2.75) is 32.4 Å². The van der Waals surface area contributed by atoms with Crippen LogP contribution in [0.3, 0.4) is 0 Å². The van der Waals surface area contributed by atoms with Crippen LogP contribution in [-0.2, 0) is 6.54 Å². The van der Waals surface area contributed by atoms with E-state index in [-0.39, 0.29) is 0 Å². The largest absolute Gasteiger partial charge is 0.357 e. The number of piperidine rings is 1. The molecule has 0 saturated carbocycles. The van der Waals surface area contributed by atoms with Crippen molar-refractivity contribution >= 4 is 17.3 Å². The van der Waals surface area contributed by atoms with Gasteiger partial charge in [-0.1, -0.05) is 18.2 Å². The first-order valence-corrected chi connectivity index (χ1v) is 10.8. The van der Waals surface area contributed by atoms with Gasteiger partial charge in [-0.3, -0.25) is 4.90 Å². The lowest BCUT2D eigenvalue weighted by atomic mass is 9.88. The predicted molar refractivity (Wildman–Crippen MR) is 116 cm³/mol. The van der Waals surface area contributed by atoms with Crippen LogP contribution in [0.1, 0.15) is 41.8 Å². The smallest absolute Gasteiger partial charge is 0.191 e. The minimum absolute atomic E-state index is 0.469. The van der Waals surface area contributed by atoms with Crippen LogP contribution in [-0.4, -0.2) is 37.5 Å². The zero-order valence-electron chi connectivity index (χ0n) is 16.7. The Morgan fingerprint density at radius 1 is 1.32 bits per heavy atom. The highest BCUT2D eigenvalue weighted by atomic mass is 32.1. The van der Waals surface area contributed by atoms with Crippen molar-refractivity contribution in [3.05, 3.63) is 57.8 Å². The summed E-state index contributed by atoms with van der Waals surface area (Å²) in [5.74, 6) is 1.39. The maximum Gasteiger partial charge on any atom is 0.191 e. The summed E-state index contributed by atoms with van der Waals surface area (Å²) in [5.41, 5.74) is 1.72. The van der Waals surface area contributed by atoms with Crippen molar-refractivity contribution in [1.29, 1.82) is 5.26 Å². The van der Waals surface area contributed by atoms with E-state index in [9.17, 15) is 0 Å². The normalized spacial score (nSPS) is 20.5. The van der Waals surface area contributed by atoms with E-state index >= 15 is 0 Å². The van der Waals surface area contributed by atoms with E-state index in [4.69, 9.17) is 10.3 Å². The van der Waals surface area contributed by atoms with Gasteiger partial charge >= 0.3 is 0 Å². The molecule has 0 radical (unpaired) electrons. The van der Waals surface area contributed by atoms with Crippen LogP contribution in [0.15, 0.2) is 46.8 Å². The predicted octanol–water partition coefficient (Wildman–Crippen LogP) is 3.76. The second kappa shape index (κ2) is 10.3. The number of guanidine groups is 1. The third kappa shape index (κ3) is 5.34. The topological polar surface area (TPSA) is 63.5 Å². The molecule has 1 aliphatic rings. The monoisotopic (exact) mass is 395 g/mol. The van der Waals surface area contributed by atoms with E-state index in [0.29, 0.717) is 24.1 Å². The molecule has 3 rings (SSSR count). The number of nitriles is 1. The number of hydrogen-bond donors (Lipinski definition) is 2. The van der Waals surface area contributed by atoms with E-state index in [1.165, 1.54) is 17.7 Å². The van der Waals surface area contributed by atoms with Crippen molar-refractivity contribution in [2.24, 2.45) is 10.9 Å². The summed E-state index contributed by atoms with van der Waals surface area (Å²) < 4.78 is 0. The van der Waals surface area contributed by atoms with Crippen molar-refractivity contribution in [3.8, 4) is 6.07 Å². The lowest BCUT2D eigenvalue weighted by Gasteiger charge is -2.39. The fourth-order valence-electron chi connectivity index (χ4n) is 3.86. The van der Waals surface area contributed by atoms with Crippen LogP contribution in [0, 0.1) is 17.2 Å². The van der Waals surface area contributed by atoms with Crippen molar-refractivity contribution in [3.63, 3.8) is 0 Å². The van der Waals surface area contributed by atoms with Crippen LogP contribution in [0.25, 0.3) is 0 Å². The molecule has 1 saturated heterocycles. The SMILES string of the molecule is CCNC(=NCc1cccc(C#N)c1)NCC1CCCN(C)C1c1cccs1. The van der Waals surface area contributed by atoms with Crippen molar-refractivity contribution < 1.29 is 0 Å². The lowest BCUT2D eigenvalue weighted by molar-refractivity contribution is 0.125. The second-order valence-electron chi connectivity index (χ2n) is 7.23. The average molecular weight is 396 g/mol. The summed E-state index contributed by atoms with van der Waals surface area (Å²) >= 11 is 1.85. The van der Waals surface area contributed by atoms with E-state index < -0.39 is 0 Å². The highest BCUT2D eigenvalue weighted by molar-refractivity contribution is 7.10. The molecule has 2 atom stereocenters. The Morgan fingerprint density at radius 3 is 2.96 bits per heavy atom. The first-order chi connectivity index (χ1) is 13.7. The number of hydrogen-bond acceptors (Lipinski definition) is 4. The third-order valence-electron chi connectivity index (χ3n) is 5.19. The molecule has 6 heteroatoms. The van der Waals surface area contributed by atoms with Crippen molar-refractivity contribution in [1.82, 2.24) is 15.5 Å². The van der Waals surface area contributed by atoms with Gasteiger partial charge in [0.25, 0.3) is 0 Å². The number of benzene rings is 1. The highest BCUT2D eigenvalue weighted by Gasteiger charge is 2.31. The molecule has 5 nitrogen and oxygen atoms in total. The number of rotatable bonds is 6. The minimum atomic E-state index is 0.469. The van der Waals surface area contributed by atoms with E-state index in [1.54, 1.807) is 0 Å². The molecule has 2 N–H and O–H groups in total. The molecule has 0 amide bonds. The molecule has 1 aromatic heterocycles. The van der Waals surface area contributed by atoms with Gasteiger partial charge in [-0.25, -0.2) is 4.99 Å². The molecule has 28 heavy (non-hydrogen) atoms. The lowest BCUT2D eigenvalue weighted by Crippen LogP contribution is -2.44. The molecule has 2 unspecified atom stereocenters. The van der Waals surface area contributed by atoms with E-state index in [0.717, 1.165) is 31.2 Å². The van der Waals surface area contributed by atoms with E-state index in [1.807, 2.05) is 35.6 Å². The summed E-state index contributed by atoms with van der Waals surface area (Å²) in [7, 11) is 2.23. The molecular formula is C22H29N5S. The quantitative estimate of drug-likeness (QED) is 0.577. The van der Waals surface area contributed by atoms with Gasteiger partial charge in [0.2, 0.25) is 0 Å². The highest BCUT2D eigenvalue weighted by Crippen LogP contribution is 2.36. The number of nitrogens with one attached hydrogen (secondary N) is 2.